The van der Waals surface area contributed by atoms with Crippen molar-refractivity contribution < 1.29 is 18.7 Å². The number of hydrogen-bond acceptors (Lipinski definition) is 3. The van der Waals surface area contributed by atoms with Gasteiger partial charge in [0.2, 0.25) is 5.91 Å². The first-order chi connectivity index (χ1) is 13.9. The molecule has 2 aliphatic heterocycles. The Morgan fingerprint density at radius 3 is 2.55 bits per heavy atom. The molecule has 2 aromatic rings. The van der Waals surface area contributed by atoms with Crippen molar-refractivity contribution in [1.82, 2.24) is 9.80 Å². The summed E-state index contributed by atoms with van der Waals surface area (Å²) in [6.07, 6.45) is 0.199. The second-order valence-corrected chi connectivity index (χ2v) is 8.22. The summed E-state index contributed by atoms with van der Waals surface area (Å²) in [7, 11) is 0. The minimum atomic E-state index is -1.07. The van der Waals surface area contributed by atoms with Crippen LogP contribution in [0.1, 0.15) is 29.9 Å². The number of aromatic hydroxyl groups is 1. The zero-order chi connectivity index (χ0) is 20.5. The van der Waals surface area contributed by atoms with Crippen molar-refractivity contribution in [2.75, 3.05) is 19.6 Å². The second-order valence-electron chi connectivity index (χ2n) is 7.81. The SMILES string of the molecule is O=C1[C@@H](N2CC[C@@H](c3ccc(O)cc3)[C@H](F)C2)CCN1Cc1ccc(Cl)c(F)c1. The van der Waals surface area contributed by atoms with E-state index in [9.17, 15) is 18.7 Å². The highest BCUT2D eigenvalue weighted by Crippen LogP contribution is 2.33. The van der Waals surface area contributed by atoms with E-state index in [1.165, 1.54) is 12.1 Å². The molecular formula is C22H23ClF2N2O2. The van der Waals surface area contributed by atoms with E-state index in [2.05, 4.69) is 0 Å². The monoisotopic (exact) mass is 420 g/mol. The summed E-state index contributed by atoms with van der Waals surface area (Å²) in [6.45, 7) is 1.76. The smallest absolute Gasteiger partial charge is 0.240 e. The summed E-state index contributed by atoms with van der Waals surface area (Å²) in [6, 6.07) is 10.9. The lowest BCUT2D eigenvalue weighted by atomic mass is 9.87. The molecule has 0 aromatic heterocycles. The van der Waals surface area contributed by atoms with E-state index >= 15 is 0 Å². The topological polar surface area (TPSA) is 43.8 Å². The second kappa shape index (κ2) is 8.28. The maximum absolute atomic E-state index is 14.9. The van der Waals surface area contributed by atoms with Crippen LogP contribution in [0.5, 0.6) is 5.75 Å². The molecule has 3 atom stereocenters. The molecule has 4 rings (SSSR count). The average Bonchev–Trinajstić information content (AvgIpc) is 3.06. The van der Waals surface area contributed by atoms with E-state index in [0.29, 0.717) is 38.0 Å². The number of amides is 1. The number of carbonyl (C=O) groups is 1. The first-order valence-corrected chi connectivity index (χ1v) is 10.2. The van der Waals surface area contributed by atoms with Gasteiger partial charge in [-0.05, 0) is 54.8 Å². The third-order valence-electron chi connectivity index (χ3n) is 5.96. The maximum Gasteiger partial charge on any atom is 0.240 e. The van der Waals surface area contributed by atoms with Crippen molar-refractivity contribution in [2.45, 2.75) is 37.5 Å². The lowest BCUT2D eigenvalue weighted by Crippen LogP contribution is -2.49. The molecule has 29 heavy (non-hydrogen) atoms. The van der Waals surface area contributed by atoms with E-state index in [1.54, 1.807) is 35.2 Å². The normalized spacial score (nSPS) is 25.6. The summed E-state index contributed by atoms with van der Waals surface area (Å²) >= 11 is 5.72. The van der Waals surface area contributed by atoms with Gasteiger partial charge in [-0.3, -0.25) is 9.69 Å². The Labute approximate surface area is 173 Å². The highest BCUT2D eigenvalue weighted by atomic mass is 35.5. The molecule has 1 amide bonds. The van der Waals surface area contributed by atoms with Crippen molar-refractivity contribution in [2.24, 2.45) is 0 Å². The van der Waals surface area contributed by atoms with Gasteiger partial charge in [0.1, 0.15) is 17.7 Å². The van der Waals surface area contributed by atoms with Gasteiger partial charge in [0.25, 0.3) is 0 Å². The van der Waals surface area contributed by atoms with Gasteiger partial charge in [0.15, 0.2) is 0 Å². The highest BCUT2D eigenvalue weighted by molar-refractivity contribution is 6.30. The van der Waals surface area contributed by atoms with E-state index in [-0.39, 0.29) is 35.2 Å². The van der Waals surface area contributed by atoms with Crippen LogP contribution in [0.25, 0.3) is 0 Å². The van der Waals surface area contributed by atoms with Crippen LogP contribution in [-0.2, 0) is 11.3 Å². The number of likely N-dealkylation sites (tertiary alicyclic amines) is 2. The third kappa shape index (κ3) is 4.23. The Morgan fingerprint density at radius 2 is 1.86 bits per heavy atom. The summed E-state index contributed by atoms with van der Waals surface area (Å²) < 4.78 is 28.6. The van der Waals surface area contributed by atoms with Crippen LogP contribution in [0.2, 0.25) is 5.02 Å². The quantitative estimate of drug-likeness (QED) is 0.809. The number of phenols is 1. The first kappa shape index (κ1) is 20.1. The van der Waals surface area contributed by atoms with Gasteiger partial charge in [0.05, 0.1) is 11.1 Å². The van der Waals surface area contributed by atoms with Crippen LogP contribution in [0, 0.1) is 5.82 Å². The van der Waals surface area contributed by atoms with Crippen LogP contribution in [-0.4, -0.2) is 52.7 Å². The number of halogens is 3. The molecule has 0 radical (unpaired) electrons. The molecule has 7 heteroatoms. The van der Waals surface area contributed by atoms with Crippen LogP contribution in [0.3, 0.4) is 0 Å². The number of carbonyl (C=O) groups excluding carboxylic acids is 1. The van der Waals surface area contributed by atoms with E-state index < -0.39 is 12.0 Å². The molecule has 0 saturated carbocycles. The van der Waals surface area contributed by atoms with Crippen molar-refractivity contribution in [3.05, 3.63) is 64.4 Å². The van der Waals surface area contributed by atoms with Crippen molar-refractivity contribution in [3.8, 4) is 5.75 Å². The van der Waals surface area contributed by atoms with E-state index in [1.807, 2.05) is 4.90 Å². The number of alkyl halides is 1. The molecule has 0 bridgehead atoms. The molecule has 2 heterocycles. The summed E-state index contributed by atoms with van der Waals surface area (Å²) in [5.74, 6) is -0.588. The number of rotatable bonds is 4. The maximum atomic E-state index is 14.9. The molecular weight excluding hydrogens is 398 g/mol. The van der Waals surface area contributed by atoms with Crippen molar-refractivity contribution >= 4 is 17.5 Å². The highest BCUT2D eigenvalue weighted by Gasteiger charge is 2.40. The number of hydrogen-bond donors (Lipinski definition) is 1. The minimum Gasteiger partial charge on any atom is -0.508 e. The predicted octanol–water partition coefficient (Wildman–Crippen LogP) is 4.11. The summed E-state index contributed by atoms with van der Waals surface area (Å²) in [4.78, 5) is 16.5. The molecule has 0 aliphatic carbocycles. The summed E-state index contributed by atoms with van der Waals surface area (Å²) in [5.41, 5.74) is 1.56. The molecule has 2 saturated heterocycles. The Kier molecular flexibility index (Phi) is 5.74. The zero-order valence-electron chi connectivity index (χ0n) is 15.9. The molecule has 1 N–H and O–H groups in total. The van der Waals surface area contributed by atoms with E-state index in [0.717, 1.165) is 5.56 Å². The Balaban J connectivity index is 1.38. The van der Waals surface area contributed by atoms with Crippen LogP contribution in [0.4, 0.5) is 8.78 Å². The van der Waals surface area contributed by atoms with Crippen molar-refractivity contribution in [3.63, 3.8) is 0 Å². The fourth-order valence-electron chi connectivity index (χ4n) is 4.39. The molecule has 4 nitrogen and oxygen atoms in total. The van der Waals surface area contributed by atoms with Crippen LogP contribution in [0.15, 0.2) is 42.5 Å². The molecule has 0 spiro atoms. The van der Waals surface area contributed by atoms with Gasteiger partial charge in [-0.25, -0.2) is 8.78 Å². The van der Waals surface area contributed by atoms with Crippen LogP contribution >= 0.6 is 11.6 Å². The molecule has 2 aliphatic rings. The number of phenolic OH excluding ortho intramolecular Hbond substituents is 1. The fourth-order valence-corrected chi connectivity index (χ4v) is 4.50. The van der Waals surface area contributed by atoms with Gasteiger partial charge in [-0.15, -0.1) is 0 Å². The number of nitrogens with zero attached hydrogens (tertiary/aromatic N) is 2. The largest absolute Gasteiger partial charge is 0.508 e. The molecule has 2 aromatic carbocycles. The van der Waals surface area contributed by atoms with Gasteiger partial charge in [-0.1, -0.05) is 29.8 Å². The number of benzene rings is 2. The lowest BCUT2D eigenvalue weighted by molar-refractivity contribution is -0.133. The van der Waals surface area contributed by atoms with Gasteiger partial charge < -0.3 is 10.0 Å². The Bertz CT molecular complexity index is 893. The fraction of sp³-hybridized carbons (Fsp3) is 0.409. The minimum absolute atomic E-state index is 0.0318. The first-order valence-electron chi connectivity index (χ1n) is 9.82. The van der Waals surface area contributed by atoms with Gasteiger partial charge >= 0.3 is 0 Å². The standard InChI is InChI=1S/C22H23ClF2N2O2/c23-18-6-1-14(11-19(18)24)12-27-10-8-21(22(27)29)26-9-7-17(20(25)13-26)15-2-4-16(28)5-3-15/h1-6,11,17,20-21,28H,7-10,12-13H2/t17-,20+,21-/m0/s1. The predicted molar refractivity (Wildman–Crippen MR) is 107 cm³/mol. The Morgan fingerprint density at radius 1 is 1.10 bits per heavy atom. The van der Waals surface area contributed by atoms with Gasteiger partial charge in [0, 0.05) is 25.6 Å². The van der Waals surface area contributed by atoms with Crippen LogP contribution < -0.4 is 0 Å². The molecule has 2 fully saturated rings. The third-order valence-corrected chi connectivity index (χ3v) is 6.27. The van der Waals surface area contributed by atoms with E-state index in [4.69, 9.17) is 11.6 Å². The number of piperidine rings is 1. The van der Waals surface area contributed by atoms with Crippen molar-refractivity contribution in [1.29, 1.82) is 0 Å². The molecule has 0 unspecified atom stereocenters. The lowest BCUT2D eigenvalue weighted by Gasteiger charge is -2.37. The van der Waals surface area contributed by atoms with Gasteiger partial charge in [-0.2, -0.15) is 0 Å². The average molecular weight is 421 g/mol. The molecule has 154 valence electrons. The zero-order valence-corrected chi connectivity index (χ0v) is 16.7. The summed E-state index contributed by atoms with van der Waals surface area (Å²) in [5, 5.41) is 9.48. The Hall–Kier alpha value is -2.18.